The molecule has 7 heteroatoms. The minimum Gasteiger partial charge on any atom is -0.489 e. The Hall–Kier alpha value is -2.05. The molecule has 4 unspecified atom stereocenters. The van der Waals surface area contributed by atoms with E-state index in [9.17, 15) is 14.4 Å². The molecular formula is C15H19N3O4. The van der Waals surface area contributed by atoms with Crippen LogP contribution in [0.15, 0.2) is 9.59 Å². The maximum absolute atomic E-state index is 12.7. The number of amides is 1. The van der Waals surface area contributed by atoms with Crippen molar-refractivity contribution in [1.29, 1.82) is 0 Å². The van der Waals surface area contributed by atoms with Gasteiger partial charge in [-0.05, 0) is 42.9 Å². The third kappa shape index (κ3) is 1.84. The molecule has 3 aliphatic rings. The second-order valence-corrected chi connectivity index (χ2v) is 6.69. The highest BCUT2D eigenvalue weighted by atomic mass is 16.5. The van der Waals surface area contributed by atoms with E-state index in [0.717, 1.165) is 24.9 Å². The van der Waals surface area contributed by atoms with Gasteiger partial charge in [0.1, 0.15) is 0 Å². The van der Waals surface area contributed by atoms with Crippen molar-refractivity contribution >= 4 is 5.91 Å². The maximum atomic E-state index is 12.7. The molecule has 0 spiro atoms. The largest absolute Gasteiger partial charge is 0.489 e. The molecular weight excluding hydrogens is 286 g/mol. The lowest BCUT2D eigenvalue weighted by Gasteiger charge is -2.22. The predicted molar refractivity (Wildman–Crippen MR) is 77.9 cm³/mol. The summed E-state index contributed by atoms with van der Waals surface area (Å²) < 4.78 is 5.00. The molecule has 4 atom stereocenters. The first kappa shape index (κ1) is 13.6. The lowest BCUT2D eigenvalue weighted by atomic mass is 9.82. The van der Waals surface area contributed by atoms with E-state index in [1.807, 2.05) is 0 Å². The fourth-order valence-electron chi connectivity index (χ4n) is 4.83. The Labute approximate surface area is 126 Å². The summed E-state index contributed by atoms with van der Waals surface area (Å²) in [4.78, 5) is 42.2. The van der Waals surface area contributed by atoms with Crippen molar-refractivity contribution < 1.29 is 9.53 Å². The van der Waals surface area contributed by atoms with Crippen LogP contribution >= 0.6 is 0 Å². The number of fused-ring (bicyclic) bond motifs is 5. The van der Waals surface area contributed by atoms with Crippen molar-refractivity contribution in [3.05, 3.63) is 26.5 Å². The number of methoxy groups -OCH3 is 1. The quantitative estimate of drug-likeness (QED) is 0.815. The van der Waals surface area contributed by atoms with Crippen molar-refractivity contribution in [2.24, 2.45) is 23.7 Å². The van der Waals surface area contributed by atoms with Gasteiger partial charge >= 0.3 is 5.69 Å². The van der Waals surface area contributed by atoms with Crippen LogP contribution in [-0.4, -0.2) is 41.0 Å². The van der Waals surface area contributed by atoms with Crippen molar-refractivity contribution in [3.63, 3.8) is 0 Å². The van der Waals surface area contributed by atoms with Crippen molar-refractivity contribution in [3.8, 4) is 5.75 Å². The van der Waals surface area contributed by atoms with Gasteiger partial charge in [0.15, 0.2) is 5.69 Å². The number of H-pyrrole nitrogens is 2. The number of nitrogens with zero attached hydrogens (tertiary/aromatic N) is 1. The Morgan fingerprint density at radius 3 is 2.36 bits per heavy atom. The number of hydrogen-bond acceptors (Lipinski definition) is 4. The fraction of sp³-hybridized carbons (Fsp3) is 0.667. The first-order valence-electron chi connectivity index (χ1n) is 7.78. The van der Waals surface area contributed by atoms with E-state index in [2.05, 4.69) is 9.97 Å². The third-order valence-corrected chi connectivity index (χ3v) is 5.74. The van der Waals surface area contributed by atoms with E-state index in [0.29, 0.717) is 11.8 Å². The minimum absolute atomic E-state index is 0.0384. The van der Waals surface area contributed by atoms with Gasteiger partial charge in [-0.1, -0.05) is 0 Å². The molecule has 1 aliphatic heterocycles. The maximum Gasteiger partial charge on any atom is 0.326 e. The SMILES string of the molecule is COc1c(C(=O)N2CC3C4CCC(C4)C3C2)[nH]c(=O)[nH]c1=O. The Morgan fingerprint density at radius 1 is 1.14 bits per heavy atom. The molecule has 1 saturated heterocycles. The third-order valence-electron chi connectivity index (χ3n) is 5.74. The molecule has 7 nitrogen and oxygen atoms in total. The van der Waals surface area contributed by atoms with Gasteiger partial charge in [-0.15, -0.1) is 0 Å². The Bertz CT molecular complexity index is 719. The number of carbonyl (C=O) groups excluding carboxylic acids is 1. The van der Waals surface area contributed by atoms with Crippen molar-refractivity contribution in [2.45, 2.75) is 19.3 Å². The summed E-state index contributed by atoms with van der Waals surface area (Å²) in [5.41, 5.74) is -1.40. The topological polar surface area (TPSA) is 95.3 Å². The van der Waals surface area contributed by atoms with Crippen LogP contribution < -0.4 is 16.0 Å². The van der Waals surface area contributed by atoms with Gasteiger partial charge in [-0.25, -0.2) is 4.79 Å². The number of aromatic amines is 2. The normalized spacial score (nSPS) is 32.3. The van der Waals surface area contributed by atoms with E-state index in [1.54, 1.807) is 4.90 Å². The lowest BCUT2D eigenvalue weighted by Crippen LogP contribution is -2.35. The lowest BCUT2D eigenvalue weighted by molar-refractivity contribution is 0.0765. The highest BCUT2D eigenvalue weighted by Gasteiger charge is 2.52. The molecule has 2 aliphatic carbocycles. The summed E-state index contributed by atoms with van der Waals surface area (Å²) in [7, 11) is 1.32. The van der Waals surface area contributed by atoms with Gasteiger partial charge in [-0.2, -0.15) is 0 Å². The average molecular weight is 305 g/mol. The van der Waals surface area contributed by atoms with Crippen LogP contribution in [0, 0.1) is 23.7 Å². The van der Waals surface area contributed by atoms with Crippen LogP contribution in [0.25, 0.3) is 0 Å². The van der Waals surface area contributed by atoms with Crippen molar-refractivity contribution in [1.82, 2.24) is 14.9 Å². The minimum atomic E-state index is -0.686. The molecule has 1 amide bonds. The van der Waals surface area contributed by atoms with Gasteiger partial charge < -0.3 is 9.64 Å². The molecule has 4 rings (SSSR count). The molecule has 2 heterocycles. The Morgan fingerprint density at radius 2 is 1.77 bits per heavy atom. The predicted octanol–water partition coefficient (Wildman–Crippen LogP) is 0.190. The number of likely N-dealkylation sites (tertiary alicyclic amines) is 1. The van der Waals surface area contributed by atoms with Gasteiger partial charge in [0.2, 0.25) is 5.75 Å². The van der Waals surface area contributed by atoms with E-state index in [1.165, 1.54) is 26.4 Å². The number of nitrogens with one attached hydrogen (secondary N) is 2. The number of aromatic nitrogens is 2. The van der Waals surface area contributed by atoms with Crippen LogP contribution in [-0.2, 0) is 0 Å². The first-order chi connectivity index (χ1) is 10.6. The van der Waals surface area contributed by atoms with Crippen LogP contribution in [0.1, 0.15) is 29.8 Å². The highest BCUT2D eigenvalue weighted by molar-refractivity contribution is 5.95. The number of ether oxygens (including phenoxy) is 1. The number of hydrogen-bond donors (Lipinski definition) is 2. The van der Waals surface area contributed by atoms with Crippen LogP contribution in [0.3, 0.4) is 0 Å². The highest BCUT2D eigenvalue weighted by Crippen LogP contribution is 2.55. The van der Waals surface area contributed by atoms with Gasteiger partial charge in [0.25, 0.3) is 11.5 Å². The summed E-state index contributed by atoms with van der Waals surface area (Å²) in [5, 5.41) is 0. The zero-order valence-corrected chi connectivity index (χ0v) is 12.4. The smallest absolute Gasteiger partial charge is 0.326 e. The van der Waals surface area contributed by atoms with E-state index >= 15 is 0 Å². The van der Waals surface area contributed by atoms with Crippen LogP contribution in [0.5, 0.6) is 5.75 Å². The molecule has 0 radical (unpaired) electrons. The molecule has 1 aromatic rings. The van der Waals surface area contributed by atoms with Gasteiger partial charge in [0.05, 0.1) is 7.11 Å². The van der Waals surface area contributed by atoms with Crippen LogP contribution in [0.2, 0.25) is 0 Å². The molecule has 3 fully saturated rings. The fourth-order valence-corrected chi connectivity index (χ4v) is 4.83. The molecule has 118 valence electrons. The number of carbonyl (C=O) groups is 1. The Balaban J connectivity index is 1.64. The molecule has 22 heavy (non-hydrogen) atoms. The van der Waals surface area contributed by atoms with Gasteiger partial charge in [-0.3, -0.25) is 19.6 Å². The van der Waals surface area contributed by atoms with E-state index < -0.39 is 11.2 Å². The monoisotopic (exact) mass is 305 g/mol. The molecule has 1 aromatic heterocycles. The molecule has 2 bridgehead atoms. The standard InChI is InChI=1S/C15H19N3O4/c1-22-12-11(16-15(21)17-13(12)19)14(20)18-5-9-7-2-3-8(4-7)10(9)6-18/h7-10H,2-6H2,1H3,(H2,16,17,19,21). The average Bonchev–Trinajstić information content (AvgIpc) is 3.18. The molecule has 0 aromatic carbocycles. The summed E-state index contributed by atoms with van der Waals surface area (Å²) in [6, 6.07) is 0. The van der Waals surface area contributed by atoms with Gasteiger partial charge in [0, 0.05) is 13.1 Å². The summed E-state index contributed by atoms with van der Waals surface area (Å²) in [6.07, 6.45) is 3.86. The Kier molecular flexibility index (Phi) is 2.92. The van der Waals surface area contributed by atoms with Crippen LogP contribution in [0.4, 0.5) is 0 Å². The first-order valence-corrected chi connectivity index (χ1v) is 7.78. The molecule has 2 N–H and O–H groups in total. The molecule has 2 saturated carbocycles. The zero-order valence-electron chi connectivity index (χ0n) is 12.4. The van der Waals surface area contributed by atoms with Crippen molar-refractivity contribution in [2.75, 3.05) is 20.2 Å². The second kappa shape index (κ2) is 4.72. The van der Waals surface area contributed by atoms with E-state index in [-0.39, 0.29) is 17.4 Å². The number of rotatable bonds is 2. The van der Waals surface area contributed by atoms with E-state index in [4.69, 9.17) is 4.74 Å². The second-order valence-electron chi connectivity index (χ2n) is 6.69. The summed E-state index contributed by atoms with van der Waals surface area (Å²) >= 11 is 0. The summed E-state index contributed by atoms with van der Waals surface area (Å²) in [6.45, 7) is 1.45. The zero-order chi connectivity index (χ0) is 15.4. The summed E-state index contributed by atoms with van der Waals surface area (Å²) in [5.74, 6) is 2.23.